The molecule has 5 heteroatoms. The second-order valence-electron chi connectivity index (χ2n) is 3.40. The maximum Gasteiger partial charge on any atom is 0.162 e. The van der Waals surface area contributed by atoms with E-state index in [1.165, 1.54) is 0 Å². The molecule has 0 heterocycles. The van der Waals surface area contributed by atoms with E-state index in [-0.39, 0.29) is 0 Å². The monoisotopic (exact) mass is 233 g/mol. The van der Waals surface area contributed by atoms with Gasteiger partial charge in [-0.2, -0.15) is 0 Å². The Labute approximate surface area is 100 Å². The molecule has 5 nitrogen and oxygen atoms in total. The van der Waals surface area contributed by atoms with Gasteiger partial charge in [0.1, 0.15) is 5.69 Å². The molecule has 1 aromatic rings. The number of hydrazine groups is 1. The Bertz CT molecular complexity index is 391. The molecule has 90 valence electrons. The van der Waals surface area contributed by atoms with Gasteiger partial charge in [0.15, 0.2) is 5.03 Å². The molecule has 0 aliphatic rings. The van der Waals surface area contributed by atoms with Crippen LogP contribution in [0.2, 0.25) is 0 Å². The second-order valence-corrected chi connectivity index (χ2v) is 3.40. The summed E-state index contributed by atoms with van der Waals surface area (Å²) in [6, 6.07) is 6.96. The van der Waals surface area contributed by atoms with E-state index in [1.807, 2.05) is 12.1 Å². The molecule has 0 aliphatic heterocycles. The van der Waals surface area contributed by atoms with E-state index in [2.05, 4.69) is 23.5 Å². The lowest BCUT2D eigenvalue weighted by molar-refractivity contribution is -0.445. The van der Waals surface area contributed by atoms with Gasteiger partial charge in [0.2, 0.25) is 0 Å². The highest BCUT2D eigenvalue weighted by molar-refractivity contribution is 5.54. The Morgan fingerprint density at radius 1 is 1.24 bits per heavy atom. The van der Waals surface area contributed by atoms with Crippen molar-refractivity contribution in [1.82, 2.24) is 0 Å². The van der Waals surface area contributed by atoms with Crippen LogP contribution in [0, 0.1) is 10.1 Å². The molecule has 0 saturated heterocycles. The van der Waals surface area contributed by atoms with Crippen molar-refractivity contribution in [3.8, 4) is 0 Å². The molecule has 0 radical (unpaired) electrons. The molecule has 0 bridgehead atoms. The average Bonchev–Trinajstić information content (AvgIpc) is 2.29. The second kappa shape index (κ2) is 6.32. The fourth-order valence-electron chi connectivity index (χ4n) is 1.45. The minimum Gasteiger partial charge on any atom is -0.364 e. The maximum absolute atomic E-state index is 10.2. The Kier molecular flexibility index (Phi) is 4.75. The number of benzene rings is 1. The summed E-state index contributed by atoms with van der Waals surface area (Å²) in [5.74, 6) is 0. The standard InChI is InChI=1S/C12H15N3O2/c1-3-9-14(10-4-2)12-7-5-11(6-8-12)13-15(16)17/h3-8,13H,1-2,9-10H2. The van der Waals surface area contributed by atoms with Crippen molar-refractivity contribution in [2.45, 2.75) is 0 Å². The predicted octanol–water partition coefficient (Wildman–Crippen LogP) is 2.47. The first kappa shape index (κ1) is 12.8. The number of hydrogen-bond donors (Lipinski definition) is 1. The third-order valence-corrected chi connectivity index (χ3v) is 2.15. The van der Waals surface area contributed by atoms with Crippen molar-refractivity contribution in [1.29, 1.82) is 0 Å². The number of rotatable bonds is 7. The molecular formula is C12H15N3O2. The summed E-state index contributed by atoms with van der Waals surface area (Å²) in [5, 5.41) is 9.67. The van der Waals surface area contributed by atoms with E-state index in [9.17, 15) is 10.1 Å². The first-order chi connectivity index (χ1) is 8.17. The van der Waals surface area contributed by atoms with E-state index >= 15 is 0 Å². The number of anilines is 2. The molecule has 0 fully saturated rings. The molecule has 0 aliphatic carbocycles. The van der Waals surface area contributed by atoms with Crippen molar-refractivity contribution in [2.75, 3.05) is 23.4 Å². The molecule has 0 atom stereocenters. The Balaban J connectivity index is 2.79. The van der Waals surface area contributed by atoms with Crippen LogP contribution in [0.15, 0.2) is 49.6 Å². The van der Waals surface area contributed by atoms with Crippen molar-refractivity contribution < 1.29 is 5.03 Å². The van der Waals surface area contributed by atoms with Gasteiger partial charge in [-0.15, -0.1) is 18.6 Å². The summed E-state index contributed by atoms with van der Waals surface area (Å²) >= 11 is 0. The van der Waals surface area contributed by atoms with Crippen LogP contribution < -0.4 is 10.3 Å². The van der Waals surface area contributed by atoms with Gasteiger partial charge < -0.3 is 4.90 Å². The summed E-state index contributed by atoms with van der Waals surface area (Å²) in [6.07, 6.45) is 3.60. The van der Waals surface area contributed by atoms with Crippen LogP contribution in [0.25, 0.3) is 0 Å². The molecule has 1 rings (SSSR count). The average molecular weight is 233 g/mol. The molecule has 0 aromatic heterocycles. The summed E-state index contributed by atoms with van der Waals surface area (Å²) in [4.78, 5) is 12.3. The summed E-state index contributed by atoms with van der Waals surface area (Å²) in [5.41, 5.74) is 3.52. The normalized spacial score (nSPS) is 9.41. The van der Waals surface area contributed by atoms with Crippen LogP contribution in [0.4, 0.5) is 11.4 Å². The summed E-state index contributed by atoms with van der Waals surface area (Å²) in [6.45, 7) is 8.78. The zero-order valence-electron chi connectivity index (χ0n) is 9.50. The van der Waals surface area contributed by atoms with E-state index < -0.39 is 5.03 Å². The van der Waals surface area contributed by atoms with Gasteiger partial charge in [-0.3, -0.25) is 0 Å². The van der Waals surface area contributed by atoms with Crippen molar-refractivity contribution >= 4 is 11.4 Å². The molecule has 0 amide bonds. The molecule has 17 heavy (non-hydrogen) atoms. The number of nitrogens with one attached hydrogen (secondary N) is 1. The van der Waals surface area contributed by atoms with Gasteiger partial charge in [0.25, 0.3) is 0 Å². The first-order valence-electron chi connectivity index (χ1n) is 5.15. The van der Waals surface area contributed by atoms with Crippen LogP contribution in [0.3, 0.4) is 0 Å². The fraction of sp³-hybridized carbons (Fsp3) is 0.167. The minimum absolute atomic E-state index is 0.455. The lowest BCUT2D eigenvalue weighted by atomic mass is 10.2. The van der Waals surface area contributed by atoms with E-state index in [1.54, 1.807) is 24.3 Å². The lowest BCUT2D eigenvalue weighted by Crippen LogP contribution is -2.22. The van der Waals surface area contributed by atoms with Crippen LogP contribution >= 0.6 is 0 Å². The zero-order chi connectivity index (χ0) is 12.7. The third kappa shape index (κ3) is 3.98. The first-order valence-corrected chi connectivity index (χ1v) is 5.15. The highest BCUT2D eigenvalue weighted by Crippen LogP contribution is 2.17. The molecule has 0 spiro atoms. The Hall–Kier alpha value is -2.30. The number of nitro groups is 1. The maximum atomic E-state index is 10.2. The SMILES string of the molecule is C=CCN(CC=C)c1ccc(N[N+](=O)[O-])cc1. The largest absolute Gasteiger partial charge is 0.364 e. The lowest BCUT2D eigenvalue weighted by Gasteiger charge is -2.21. The zero-order valence-corrected chi connectivity index (χ0v) is 9.50. The van der Waals surface area contributed by atoms with Gasteiger partial charge in [0, 0.05) is 18.8 Å². The highest BCUT2D eigenvalue weighted by atomic mass is 16.7. The van der Waals surface area contributed by atoms with Crippen LogP contribution in [-0.2, 0) is 0 Å². The molecule has 0 unspecified atom stereocenters. The highest BCUT2D eigenvalue weighted by Gasteiger charge is 2.04. The van der Waals surface area contributed by atoms with Crippen LogP contribution in [0.1, 0.15) is 0 Å². The summed E-state index contributed by atoms with van der Waals surface area (Å²) in [7, 11) is 0. The topological polar surface area (TPSA) is 58.4 Å². The van der Waals surface area contributed by atoms with E-state index in [0.717, 1.165) is 5.69 Å². The van der Waals surface area contributed by atoms with Crippen molar-refractivity contribution in [3.63, 3.8) is 0 Å². The van der Waals surface area contributed by atoms with Gasteiger partial charge >= 0.3 is 0 Å². The van der Waals surface area contributed by atoms with E-state index in [4.69, 9.17) is 0 Å². The fourth-order valence-corrected chi connectivity index (χ4v) is 1.45. The van der Waals surface area contributed by atoms with Gasteiger partial charge in [0.05, 0.1) is 0 Å². The van der Waals surface area contributed by atoms with Crippen molar-refractivity contribution in [2.24, 2.45) is 0 Å². The van der Waals surface area contributed by atoms with Gasteiger partial charge in [-0.25, -0.2) is 10.1 Å². The molecule has 1 aromatic carbocycles. The number of nitrogens with zero attached hydrogens (tertiary/aromatic N) is 2. The smallest absolute Gasteiger partial charge is 0.162 e. The summed E-state index contributed by atoms with van der Waals surface area (Å²) < 4.78 is 0. The predicted molar refractivity (Wildman–Crippen MR) is 69.7 cm³/mol. The van der Waals surface area contributed by atoms with E-state index in [0.29, 0.717) is 18.8 Å². The van der Waals surface area contributed by atoms with Gasteiger partial charge in [-0.1, -0.05) is 12.2 Å². The van der Waals surface area contributed by atoms with Crippen LogP contribution in [-0.4, -0.2) is 18.1 Å². The Morgan fingerprint density at radius 3 is 2.18 bits per heavy atom. The van der Waals surface area contributed by atoms with Gasteiger partial charge in [-0.05, 0) is 24.3 Å². The Morgan fingerprint density at radius 2 is 1.76 bits per heavy atom. The minimum atomic E-state index is -0.583. The van der Waals surface area contributed by atoms with Crippen LogP contribution in [0.5, 0.6) is 0 Å². The number of hydrogen-bond acceptors (Lipinski definition) is 3. The molecule has 0 saturated carbocycles. The molecule has 1 N–H and O–H groups in total. The third-order valence-electron chi connectivity index (χ3n) is 2.15. The molecular weight excluding hydrogens is 218 g/mol. The van der Waals surface area contributed by atoms with Crippen molar-refractivity contribution in [3.05, 3.63) is 59.7 Å². The quantitative estimate of drug-likeness (QED) is 0.446.